The summed E-state index contributed by atoms with van der Waals surface area (Å²) in [6, 6.07) is 4.69. The molecule has 2 heterocycles. The van der Waals surface area contributed by atoms with Crippen molar-refractivity contribution in [1.29, 1.82) is 0 Å². The maximum absolute atomic E-state index is 5.85. The zero-order valence-electron chi connectivity index (χ0n) is 9.81. The van der Waals surface area contributed by atoms with Gasteiger partial charge in [-0.25, -0.2) is 4.98 Å². The fraction of sp³-hybridized carbons (Fsp3) is 0.615. The highest BCUT2D eigenvalue weighted by Gasteiger charge is 2.37. The van der Waals surface area contributed by atoms with Gasteiger partial charge in [0, 0.05) is 23.6 Å². The molecular weight excluding hydrogens is 280 g/mol. The number of hydrogen-bond donors (Lipinski definition) is 0. The molecule has 0 aromatic carbocycles. The summed E-state index contributed by atoms with van der Waals surface area (Å²) < 4.78 is 5.85. The van der Waals surface area contributed by atoms with E-state index in [0.717, 1.165) is 24.3 Å². The van der Waals surface area contributed by atoms with Crippen LogP contribution < -0.4 is 4.90 Å². The van der Waals surface area contributed by atoms with Crippen molar-refractivity contribution in [2.24, 2.45) is 0 Å². The van der Waals surface area contributed by atoms with E-state index in [1.807, 2.05) is 12.3 Å². The van der Waals surface area contributed by atoms with Crippen LogP contribution in [-0.2, 0) is 10.1 Å². The first-order chi connectivity index (χ1) is 8.40. The van der Waals surface area contributed by atoms with Crippen LogP contribution in [0.2, 0.25) is 0 Å². The van der Waals surface area contributed by atoms with Crippen molar-refractivity contribution in [1.82, 2.24) is 4.98 Å². The van der Waals surface area contributed by atoms with Crippen molar-refractivity contribution in [2.45, 2.75) is 36.7 Å². The number of anilines is 1. The lowest BCUT2D eigenvalue weighted by Gasteiger charge is -2.39. The Morgan fingerprint density at radius 2 is 2.41 bits per heavy atom. The number of alkyl halides is 1. The number of pyridine rings is 1. The van der Waals surface area contributed by atoms with Gasteiger partial charge in [0.25, 0.3) is 0 Å². The number of nitrogens with zero attached hydrogens (tertiary/aromatic N) is 2. The summed E-state index contributed by atoms with van der Waals surface area (Å²) in [4.78, 5) is 7.03. The molecule has 3 rings (SSSR count). The third kappa shape index (κ3) is 2.08. The van der Waals surface area contributed by atoms with Crippen molar-refractivity contribution in [3.05, 3.63) is 23.9 Å². The predicted molar refractivity (Wildman–Crippen MR) is 71.6 cm³/mol. The topological polar surface area (TPSA) is 25.4 Å². The highest BCUT2D eigenvalue weighted by molar-refractivity contribution is 9.08. The fourth-order valence-corrected chi connectivity index (χ4v) is 3.42. The standard InChI is InChI=1S/C13H17BrN2O/c14-9-10-3-2-6-15-13(10)16-7-8-17-12-5-1-4-11(12)16/h2-3,6,11-12H,1,4-5,7-9H2. The van der Waals surface area contributed by atoms with E-state index in [2.05, 4.69) is 31.9 Å². The zero-order chi connectivity index (χ0) is 11.7. The number of hydrogen-bond acceptors (Lipinski definition) is 3. The van der Waals surface area contributed by atoms with E-state index in [4.69, 9.17) is 4.74 Å². The summed E-state index contributed by atoms with van der Waals surface area (Å²) >= 11 is 3.55. The SMILES string of the molecule is BrCc1cccnc1N1CCOC2CCCC21. The molecule has 1 aliphatic heterocycles. The Morgan fingerprint density at radius 1 is 1.47 bits per heavy atom. The molecule has 1 saturated heterocycles. The average Bonchev–Trinajstić information content (AvgIpc) is 2.86. The lowest BCUT2D eigenvalue weighted by Crippen LogP contribution is -2.49. The number of morpholine rings is 1. The van der Waals surface area contributed by atoms with Crippen LogP contribution in [-0.4, -0.2) is 30.3 Å². The van der Waals surface area contributed by atoms with Crippen LogP contribution in [0.4, 0.5) is 5.82 Å². The first kappa shape index (κ1) is 11.5. The Labute approximate surface area is 110 Å². The van der Waals surface area contributed by atoms with Gasteiger partial charge < -0.3 is 9.64 Å². The van der Waals surface area contributed by atoms with E-state index in [1.165, 1.54) is 24.8 Å². The maximum Gasteiger partial charge on any atom is 0.132 e. The van der Waals surface area contributed by atoms with Crippen molar-refractivity contribution < 1.29 is 4.74 Å². The van der Waals surface area contributed by atoms with Gasteiger partial charge in [-0.2, -0.15) is 0 Å². The molecule has 92 valence electrons. The van der Waals surface area contributed by atoms with Crippen LogP contribution in [0.3, 0.4) is 0 Å². The van der Waals surface area contributed by atoms with Crippen LogP contribution >= 0.6 is 15.9 Å². The lowest BCUT2D eigenvalue weighted by molar-refractivity contribution is 0.0253. The van der Waals surface area contributed by atoms with Crippen LogP contribution in [0.25, 0.3) is 0 Å². The molecule has 1 aromatic heterocycles. The Hall–Kier alpha value is -0.610. The molecule has 17 heavy (non-hydrogen) atoms. The molecule has 0 amide bonds. The van der Waals surface area contributed by atoms with E-state index in [9.17, 15) is 0 Å². The minimum Gasteiger partial charge on any atom is -0.374 e. The quantitative estimate of drug-likeness (QED) is 0.785. The molecule has 0 radical (unpaired) electrons. The van der Waals surface area contributed by atoms with E-state index in [-0.39, 0.29) is 0 Å². The molecule has 2 fully saturated rings. The molecule has 0 bridgehead atoms. The second kappa shape index (κ2) is 4.94. The summed E-state index contributed by atoms with van der Waals surface area (Å²) in [5.41, 5.74) is 1.28. The predicted octanol–water partition coefficient (Wildman–Crippen LogP) is 2.73. The maximum atomic E-state index is 5.85. The fourth-order valence-electron chi connectivity index (χ4n) is 2.98. The van der Waals surface area contributed by atoms with Gasteiger partial charge in [0.15, 0.2) is 0 Å². The number of fused-ring (bicyclic) bond motifs is 1. The van der Waals surface area contributed by atoms with Gasteiger partial charge in [-0.05, 0) is 25.3 Å². The average molecular weight is 297 g/mol. The van der Waals surface area contributed by atoms with Crippen LogP contribution in [0.5, 0.6) is 0 Å². The highest BCUT2D eigenvalue weighted by Crippen LogP contribution is 2.33. The third-order valence-corrected chi connectivity index (χ3v) is 4.37. The summed E-state index contributed by atoms with van der Waals surface area (Å²) in [6.45, 7) is 1.80. The summed E-state index contributed by atoms with van der Waals surface area (Å²) in [7, 11) is 0. The van der Waals surface area contributed by atoms with E-state index >= 15 is 0 Å². The molecule has 2 unspecified atom stereocenters. The van der Waals surface area contributed by atoms with Gasteiger partial charge in [-0.1, -0.05) is 22.0 Å². The van der Waals surface area contributed by atoms with Gasteiger partial charge in [0.1, 0.15) is 5.82 Å². The first-order valence-corrected chi connectivity index (χ1v) is 7.40. The van der Waals surface area contributed by atoms with Gasteiger partial charge >= 0.3 is 0 Å². The Morgan fingerprint density at radius 3 is 3.29 bits per heavy atom. The molecule has 4 heteroatoms. The second-order valence-electron chi connectivity index (χ2n) is 4.72. The van der Waals surface area contributed by atoms with Crippen molar-refractivity contribution in [2.75, 3.05) is 18.1 Å². The van der Waals surface area contributed by atoms with Gasteiger partial charge in [0.05, 0.1) is 18.8 Å². The minimum absolute atomic E-state index is 0.425. The smallest absolute Gasteiger partial charge is 0.132 e. The largest absolute Gasteiger partial charge is 0.374 e. The first-order valence-electron chi connectivity index (χ1n) is 6.28. The van der Waals surface area contributed by atoms with Crippen molar-refractivity contribution >= 4 is 21.7 Å². The van der Waals surface area contributed by atoms with Crippen LogP contribution in [0.15, 0.2) is 18.3 Å². The zero-order valence-corrected chi connectivity index (χ0v) is 11.4. The molecular formula is C13H17BrN2O. The van der Waals surface area contributed by atoms with E-state index in [1.54, 1.807) is 0 Å². The van der Waals surface area contributed by atoms with Gasteiger partial charge in [0.2, 0.25) is 0 Å². The molecule has 0 N–H and O–H groups in total. The summed E-state index contributed by atoms with van der Waals surface area (Å²) in [5, 5.41) is 0.866. The molecule has 1 saturated carbocycles. The minimum atomic E-state index is 0.425. The number of halogens is 1. The summed E-state index contributed by atoms with van der Waals surface area (Å²) in [5.74, 6) is 1.14. The molecule has 0 spiro atoms. The Kier molecular flexibility index (Phi) is 3.34. The van der Waals surface area contributed by atoms with E-state index in [0.29, 0.717) is 12.1 Å². The Balaban J connectivity index is 1.91. The number of rotatable bonds is 2. The molecule has 3 nitrogen and oxygen atoms in total. The number of ether oxygens (including phenoxy) is 1. The molecule has 2 aliphatic rings. The molecule has 1 aromatic rings. The van der Waals surface area contributed by atoms with Gasteiger partial charge in [-0.3, -0.25) is 0 Å². The monoisotopic (exact) mass is 296 g/mol. The van der Waals surface area contributed by atoms with Crippen molar-refractivity contribution in [3.63, 3.8) is 0 Å². The molecule has 2 atom stereocenters. The van der Waals surface area contributed by atoms with Crippen LogP contribution in [0.1, 0.15) is 24.8 Å². The van der Waals surface area contributed by atoms with Crippen molar-refractivity contribution in [3.8, 4) is 0 Å². The Bertz CT molecular complexity index is 399. The third-order valence-electron chi connectivity index (χ3n) is 3.77. The van der Waals surface area contributed by atoms with Crippen LogP contribution in [0, 0.1) is 0 Å². The lowest BCUT2D eigenvalue weighted by atomic mass is 10.1. The van der Waals surface area contributed by atoms with Gasteiger partial charge in [-0.15, -0.1) is 0 Å². The normalized spacial score (nSPS) is 28.2. The van der Waals surface area contributed by atoms with E-state index < -0.39 is 0 Å². The highest BCUT2D eigenvalue weighted by atomic mass is 79.9. The summed E-state index contributed by atoms with van der Waals surface area (Å²) in [6.07, 6.45) is 6.04. The molecule has 1 aliphatic carbocycles. The number of aromatic nitrogens is 1. The second-order valence-corrected chi connectivity index (χ2v) is 5.28.